The summed E-state index contributed by atoms with van der Waals surface area (Å²) in [4.78, 5) is 12.7. The van der Waals surface area contributed by atoms with Crippen molar-refractivity contribution < 1.29 is 13.6 Å². The van der Waals surface area contributed by atoms with Crippen molar-refractivity contribution in [3.63, 3.8) is 0 Å². The summed E-state index contributed by atoms with van der Waals surface area (Å²) in [6.07, 6.45) is 1.86. The number of nitrogens with zero attached hydrogens (tertiary/aromatic N) is 1. The number of hydrazone groups is 1. The number of carbonyl (C=O) groups is 1. The highest BCUT2D eigenvalue weighted by Gasteiger charge is 2.60. The van der Waals surface area contributed by atoms with Crippen molar-refractivity contribution in [1.29, 1.82) is 0 Å². The molecule has 28 heavy (non-hydrogen) atoms. The Balaban J connectivity index is 1.54. The number of rotatable bonds is 5. The molecule has 5 heteroatoms. The van der Waals surface area contributed by atoms with Crippen molar-refractivity contribution in [2.45, 2.75) is 11.8 Å². The van der Waals surface area contributed by atoms with Gasteiger partial charge < -0.3 is 0 Å². The largest absolute Gasteiger partial charge is 0.273 e. The van der Waals surface area contributed by atoms with Crippen molar-refractivity contribution in [2.75, 3.05) is 0 Å². The smallest absolute Gasteiger partial charge is 0.244 e. The number of carbonyl (C=O) groups excluding carboxylic acids is 1. The standard InChI is InChI=1S/C23H18F2N2O/c24-19-12-11-16(21(25)13-19)15-26-27-22(28)20-14-23(20,17-7-3-1-4-8-17)18-9-5-2-6-10-18/h1-13,15,20H,14H2,(H,27,28)/b26-15+. The lowest BCUT2D eigenvalue weighted by Gasteiger charge is -2.18. The van der Waals surface area contributed by atoms with Crippen LogP contribution in [0.1, 0.15) is 23.1 Å². The Bertz CT molecular complexity index is 980. The van der Waals surface area contributed by atoms with Crippen LogP contribution in [0.25, 0.3) is 0 Å². The maximum Gasteiger partial charge on any atom is 0.244 e. The van der Waals surface area contributed by atoms with E-state index in [2.05, 4.69) is 10.5 Å². The van der Waals surface area contributed by atoms with Crippen molar-refractivity contribution in [3.05, 3.63) is 107 Å². The Kier molecular flexibility index (Phi) is 4.74. The second-order valence-electron chi connectivity index (χ2n) is 6.86. The Morgan fingerprint density at radius 1 is 0.964 bits per heavy atom. The summed E-state index contributed by atoms with van der Waals surface area (Å²) in [5.74, 6) is -1.89. The van der Waals surface area contributed by atoms with Crippen molar-refractivity contribution in [1.82, 2.24) is 5.43 Å². The highest BCUT2D eigenvalue weighted by atomic mass is 19.1. The fourth-order valence-electron chi connectivity index (χ4n) is 3.70. The number of hydrogen-bond acceptors (Lipinski definition) is 2. The van der Waals surface area contributed by atoms with E-state index in [1.165, 1.54) is 12.3 Å². The molecule has 1 N–H and O–H groups in total. The second-order valence-corrected chi connectivity index (χ2v) is 6.86. The zero-order valence-electron chi connectivity index (χ0n) is 15.0. The van der Waals surface area contributed by atoms with Gasteiger partial charge in [0.1, 0.15) is 11.6 Å². The molecule has 4 rings (SSSR count). The molecule has 1 aliphatic rings. The molecule has 0 bridgehead atoms. The first-order valence-electron chi connectivity index (χ1n) is 9.00. The first-order chi connectivity index (χ1) is 13.6. The summed E-state index contributed by atoms with van der Waals surface area (Å²) in [6, 6.07) is 23.0. The van der Waals surface area contributed by atoms with E-state index < -0.39 is 11.6 Å². The number of amides is 1. The van der Waals surface area contributed by atoms with Crippen molar-refractivity contribution in [2.24, 2.45) is 11.0 Å². The van der Waals surface area contributed by atoms with Crippen LogP contribution in [0, 0.1) is 17.6 Å². The Morgan fingerprint density at radius 2 is 1.57 bits per heavy atom. The van der Waals surface area contributed by atoms with E-state index in [4.69, 9.17) is 0 Å². The normalized spacial score (nSPS) is 17.4. The molecule has 0 heterocycles. The van der Waals surface area contributed by atoms with Gasteiger partial charge in [0.25, 0.3) is 0 Å². The third-order valence-electron chi connectivity index (χ3n) is 5.20. The number of benzene rings is 3. The zero-order valence-corrected chi connectivity index (χ0v) is 15.0. The molecule has 1 atom stereocenters. The number of hydrogen-bond donors (Lipinski definition) is 1. The van der Waals surface area contributed by atoms with E-state index in [0.717, 1.165) is 23.3 Å². The van der Waals surface area contributed by atoms with Crippen LogP contribution in [0.4, 0.5) is 8.78 Å². The average molecular weight is 376 g/mol. The molecule has 1 saturated carbocycles. The van der Waals surface area contributed by atoms with E-state index in [1.807, 2.05) is 60.7 Å². The molecule has 0 aromatic heterocycles. The van der Waals surface area contributed by atoms with Gasteiger partial charge in [-0.1, -0.05) is 60.7 Å². The molecule has 1 aliphatic carbocycles. The Labute approximate surface area is 161 Å². The van der Waals surface area contributed by atoms with Gasteiger partial charge in [-0.2, -0.15) is 5.10 Å². The summed E-state index contributed by atoms with van der Waals surface area (Å²) in [5.41, 5.74) is 4.38. The van der Waals surface area contributed by atoms with E-state index in [0.29, 0.717) is 6.42 Å². The Hall–Kier alpha value is -3.34. The van der Waals surface area contributed by atoms with Crippen molar-refractivity contribution >= 4 is 12.1 Å². The van der Waals surface area contributed by atoms with E-state index in [9.17, 15) is 13.6 Å². The summed E-state index contributed by atoms with van der Waals surface area (Å²) in [5, 5.41) is 3.86. The van der Waals surface area contributed by atoms with Crippen LogP contribution in [-0.2, 0) is 10.2 Å². The highest BCUT2D eigenvalue weighted by Crippen LogP contribution is 2.58. The van der Waals surface area contributed by atoms with Gasteiger partial charge in [0.05, 0.1) is 12.1 Å². The molecule has 0 saturated heterocycles. The summed E-state index contributed by atoms with van der Waals surface area (Å²) in [7, 11) is 0. The predicted molar refractivity (Wildman–Crippen MR) is 104 cm³/mol. The lowest BCUT2D eigenvalue weighted by molar-refractivity contribution is -0.122. The fraction of sp³-hybridized carbons (Fsp3) is 0.130. The lowest BCUT2D eigenvalue weighted by atomic mass is 9.85. The number of nitrogens with one attached hydrogen (secondary N) is 1. The first-order valence-corrected chi connectivity index (χ1v) is 9.00. The maximum absolute atomic E-state index is 13.7. The first kappa shape index (κ1) is 18.0. The Morgan fingerprint density at radius 3 is 2.14 bits per heavy atom. The van der Waals surface area contributed by atoms with Gasteiger partial charge >= 0.3 is 0 Å². The van der Waals surface area contributed by atoms with Crippen LogP contribution in [0.2, 0.25) is 0 Å². The minimum Gasteiger partial charge on any atom is -0.273 e. The highest BCUT2D eigenvalue weighted by molar-refractivity contribution is 5.87. The molecule has 0 aliphatic heterocycles. The molecule has 140 valence electrons. The zero-order chi connectivity index (χ0) is 19.6. The van der Waals surface area contributed by atoms with Gasteiger partial charge in [0.2, 0.25) is 5.91 Å². The van der Waals surface area contributed by atoms with Crippen LogP contribution in [0.3, 0.4) is 0 Å². The topological polar surface area (TPSA) is 41.5 Å². The minimum absolute atomic E-state index is 0.106. The third kappa shape index (κ3) is 3.31. The summed E-state index contributed by atoms with van der Waals surface area (Å²) in [6.45, 7) is 0. The van der Waals surface area contributed by atoms with Crippen molar-refractivity contribution in [3.8, 4) is 0 Å². The van der Waals surface area contributed by atoms with Gasteiger partial charge in [-0.05, 0) is 29.7 Å². The van der Waals surface area contributed by atoms with Crippen LogP contribution in [0.5, 0.6) is 0 Å². The van der Waals surface area contributed by atoms with Gasteiger partial charge in [-0.25, -0.2) is 14.2 Å². The van der Waals surface area contributed by atoms with Crippen LogP contribution >= 0.6 is 0 Å². The maximum atomic E-state index is 13.7. The monoisotopic (exact) mass is 376 g/mol. The predicted octanol–water partition coefficient (Wildman–Crippen LogP) is 4.42. The lowest BCUT2D eigenvalue weighted by Crippen LogP contribution is -2.25. The molecule has 1 amide bonds. The summed E-state index contributed by atoms with van der Waals surface area (Å²) >= 11 is 0. The average Bonchev–Trinajstić information content (AvgIpc) is 3.48. The van der Waals surface area contributed by atoms with Crippen LogP contribution in [-0.4, -0.2) is 12.1 Å². The molecule has 3 nitrogen and oxygen atoms in total. The quantitative estimate of drug-likeness (QED) is 0.520. The van der Waals surface area contributed by atoms with Crippen LogP contribution in [0.15, 0.2) is 84.0 Å². The molecular weight excluding hydrogens is 358 g/mol. The van der Waals surface area contributed by atoms with E-state index in [1.54, 1.807) is 0 Å². The molecule has 0 spiro atoms. The third-order valence-corrected chi connectivity index (χ3v) is 5.20. The molecule has 3 aromatic rings. The molecule has 0 radical (unpaired) electrons. The van der Waals surface area contributed by atoms with E-state index in [-0.39, 0.29) is 22.8 Å². The van der Waals surface area contributed by atoms with Gasteiger partial charge in [-0.3, -0.25) is 4.79 Å². The molecule has 3 aromatic carbocycles. The molecular formula is C23H18F2N2O. The van der Waals surface area contributed by atoms with Crippen LogP contribution < -0.4 is 5.43 Å². The molecule has 1 fully saturated rings. The molecule has 1 unspecified atom stereocenters. The second kappa shape index (κ2) is 7.35. The fourth-order valence-corrected chi connectivity index (χ4v) is 3.70. The van der Waals surface area contributed by atoms with Gasteiger partial charge in [0, 0.05) is 17.0 Å². The number of halogens is 2. The van der Waals surface area contributed by atoms with E-state index >= 15 is 0 Å². The SMILES string of the molecule is O=C(N/N=C/c1ccc(F)cc1F)C1CC1(c1ccccc1)c1ccccc1. The van der Waals surface area contributed by atoms with Gasteiger partial charge in [-0.15, -0.1) is 0 Å². The van der Waals surface area contributed by atoms with Gasteiger partial charge in [0.15, 0.2) is 0 Å². The minimum atomic E-state index is -0.729. The summed E-state index contributed by atoms with van der Waals surface area (Å²) < 4.78 is 26.6.